The highest BCUT2D eigenvalue weighted by atomic mass is 16.7. The summed E-state index contributed by atoms with van der Waals surface area (Å²) in [5, 5.41) is 23.3. The van der Waals surface area contributed by atoms with Gasteiger partial charge in [0.05, 0.1) is 38.3 Å². The number of carbonyl (C=O) groups excluding carboxylic acids is 1. The van der Waals surface area contributed by atoms with Crippen LogP contribution < -0.4 is 24.3 Å². The highest BCUT2D eigenvalue weighted by Gasteiger charge is 2.52. The minimum atomic E-state index is -1.01. The molecule has 1 unspecified atom stereocenters. The number of nitrogens with one attached hydrogen (secondary N) is 1. The lowest BCUT2D eigenvalue weighted by Gasteiger charge is -2.40. The summed E-state index contributed by atoms with van der Waals surface area (Å²) < 4.78 is 27.8. The first-order chi connectivity index (χ1) is 18.4. The van der Waals surface area contributed by atoms with Gasteiger partial charge in [0.15, 0.2) is 23.0 Å². The Bertz CT molecular complexity index is 1410. The van der Waals surface area contributed by atoms with Gasteiger partial charge in [-0.05, 0) is 65.2 Å². The van der Waals surface area contributed by atoms with Crippen molar-refractivity contribution in [1.82, 2.24) is 0 Å². The topological polar surface area (TPSA) is 133 Å². The van der Waals surface area contributed by atoms with E-state index in [1.165, 1.54) is 26.4 Å². The number of ether oxygens (including phenoxy) is 5. The molecule has 1 fully saturated rings. The molecule has 0 aromatic heterocycles. The van der Waals surface area contributed by atoms with Crippen LogP contribution >= 0.6 is 0 Å². The number of methoxy groups -OCH3 is 2. The molecule has 38 heavy (non-hydrogen) atoms. The van der Waals surface area contributed by atoms with Crippen LogP contribution in [0.5, 0.6) is 28.7 Å². The van der Waals surface area contributed by atoms with Crippen LogP contribution in [-0.2, 0) is 9.53 Å². The standard InChI is InChI=1S/C28H25NO9/c1-34-21-7-14(8-22(35-2)26(21)30)23-16-9-19-20(38-12-37-19)10-17(16)25(18-11-36-28(33)24(18)23)29-15-5-3-13(4-6-15)27(31)32/h3-10,18,23-25,29-30H,11-12H2,1-2H3,(H,31,32)/t18?,23-,24-,25+/m0/s1. The minimum Gasteiger partial charge on any atom is -0.502 e. The van der Waals surface area contributed by atoms with Gasteiger partial charge in [-0.1, -0.05) is 0 Å². The lowest BCUT2D eigenvalue weighted by molar-refractivity contribution is -0.141. The predicted molar refractivity (Wildman–Crippen MR) is 133 cm³/mol. The van der Waals surface area contributed by atoms with E-state index in [2.05, 4.69) is 5.32 Å². The molecule has 4 atom stereocenters. The Balaban J connectivity index is 1.51. The number of carbonyl (C=O) groups is 2. The number of phenols is 1. The van der Waals surface area contributed by atoms with Gasteiger partial charge >= 0.3 is 11.9 Å². The highest BCUT2D eigenvalue weighted by molar-refractivity contribution is 5.88. The first-order valence-electron chi connectivity index (χ1n) is 12.0. The van der Waals surface area contributed by atoms with Crippen molar-refractivity contribution in [2.24, 2.45) is 11.8 Å². The first kappa shape index (κ1) is 23.8. The number of cyclic esters (lactones) is 1. The van der Waals surface area contributed by atoms with Crippen molar-refractivity contribution in [2.45, 2.75) is 12.0 Å². The van der Waals surface area contributed by atoms with Crippen molar-refractivity contribution in [2.75, 3.05) is 32.9 Å². The third-order valence-electron chi connectivity index (χ3n) is 7.50. The average Bonchev–Trinajstić information content (AvgIpc) is 3.54. The maximum atomic E-state index is 13.2. The molecule has 1 saturated heterocycles. The molecule has 2 heterocycles. The molecule has 3 aliphatic rings. The monoisotopic (exact) mass is 519 g/mol. The molecular weight excluding hydrogens is 494 g/mol. The van der Waals surface area contributed by atoms with Gasteiger partial charge in [0, 0.05) is 17.5 Å². The zero-order valence-corrected chi connectivity index (χ0v) is 20.6. The number of hydrogen-bond donors (Lipinski definition) is 3. The van der Waals surface area contributed by atoms with Crippen LogP contribution in [0, 0.1) is 11.8 Å². The van der Waals surface area contributed by atoms with E-state index in [-0.39, 0.29) is 54.1 Å². The second-order valence-electron chi connectivity index (χ2n) is 9.41. The Morgan fingerprint density at radius 2 is 1.58 bits per heavy atom. The number of aromatic carboxylic acids is 1. The van der Waals surface area contributed by atoms with Crippen molar-refractivity contribution in [3.05, 3.63) is 70.8 Å². The van der Waals surface area contributed by atoms with Crippen molar-refractivity contribution in [1.29, 1.82) is 0 Å². The molecule has 6 rings (SSSR count). The lowest BCUT2D eigenvalue weighted by atomic mass is 9.65. The lowest BCUT2D eigenvalue weighted by Crippen LogP contribution is -2.37. The fourth-order valence-corrected chi connectivity index (χ4v) is 5.73. The van der Waals surface area contributed by atoms with Crippen LogP contribution in [0.25, 0.3) is 0 Å². The summed E-state index contributed by atoms with van der Waals surface area (Å²) in [6, 6.07) is 13.3. The fraction of sp³-hybridized carbons (Fsp3) is 0.286. The molecule has 0 bridgehead atoms. The summed E-state index contributed by atoms with van der Waals surface area (Å²) >= 11 is 0. The van der Waals surface area contributed by atoms with Crippen molar-refractivity contribution in [3.8, 4) is 28.7 Å². The van der Waals surface area contributed by atoms with Crippen LogP contribution in [0.4, 0.5) is 5.69 Å². The molecule has 10 heteroatoms. The largest absolute Gasteiger partial charge is 0.502 e. The predicted octanol–water partition coefficient (Wildman–Crippen LogP) is 3.92. The van der Waals surface area contributed by atoms with Gasteiger partial charge in [0.2, 0.25) is 12.5 Å². The quantitative estimate of drug-likeness (QED) is 0.412. The van der Waals surface area contributed by atoms with E-state index in [9.17, 15) is 19.8 Å². The van der Waals surface area contributed by atoms with E-state index >= 15 is 0 Å². The summed E-state index contributed by atoms with van der Waals surface area (Å²) in [7, 11) is 2.90. The number of carboxylic acid groups (broad SMARTS) is 1. The minimum absolute atomic E-state index is 0.0907. The number of aromatic hydroxyl groups is 1. The van der Waals surface area contributed by atoms with Crippen molar-refractivity contribution >= 4 is 17.6 Å². The van der Waals surface area contributed by atoms with E-state index in [4.69, 9.17) is 23.7 Å². The van der Waals surface area contributed by atoms with E-state index in [0.717, 1.165) is 16.7 Å². The molecule has 10 nitrogen and oxygen atoms in total. The molecule has 3 N–H and O–H groups in total. The fourth-order valence-electron chi connectivity index (χ4n) is 5.73. The molecule has 0 radical (unpaired) electrons. The Labute approximate surface area is 217 Å². The summed E-state index contributed by atoms with van der Waals surface area (Å²) in [6.07, 6.45) is 0. The van der Waals surface area contributed by atoms with Gasteiger partial charge in [-0.15, -0.1) is 0 Å². The van der Waals surface area contributed by atoms with Crippen LogP contribution in [0.3, 0.4) is 0 Å². The number of phenolic OH excluding ortho intramolecular Hbond substituents is 1. The van der Waals surface area contributed by atoms with E-state index in [1.807, 2.05) is 12.1 Å². The van der Waals surface area contributed by atoms with Crippen molar-refractivity contribution in [3.63, 3.8) is 0 Å². The third-order valence-corrected chi connectivity index (χ3v) is 7.50. The number of benzene rings is 3. The Kier molecular flexibility index (Phi) is 5.67. The average molecular weight is 520 g/mol. The zero-order valence-electron chi connectivity index (χ0n) is 20.6. The highest BCUT2D eigenvalue weighted by Crippen LogP contribution is 2.56. The molecule has 0 saturated carbocycles. The molecular formula is C28H25NO9. The summed E-state index contributed by atoms with van der Waals surface area (Å²) in [6.45, 7) is 0.290. The second-order valence-corrected chi connectivity index (χ2v) is 9.41. The number of hydrogen-bond acceptors (Lipinski definition) is 9. The third kappa shape index (κ3) is 3.71. The molecule has 3 aromatic carbocycles. The molecule has 1 aliphatic carbocycles. The smallest absolute Gasteiger partial charge is 0.335 e. The number of fused-ring (bicyclic) bond motifs is 3. The van der Waals surface area contributed by atoms with Crippen molar-refractivity contribution < 1.29 is 43.5 Å². The molecule has 0 spiro atoms. The number of rotatable bonds is 6. The second kappa shape index (κ2) is 9.05. The maximum Gasteiger partial charge on any atom is 0.335 e. The molecule has 3 aromatic rings. The number of carboxylic acids is 1. The molecule has 0 amide bonds. The van der Waals surface area contributed by atoms with Gasteiger partial charge in [0.25, 0.3) is 0 Å². The normalized spacial score (nSPS) is 22.7. The van der Waals surface area contributed by atoms with E-state index < -0.39 is 17.8 Å². The Hall–Kier alpha value is -4.60. The summed E-state index contributed by atoms with van der Waals surface area (Å²) in [5.74, 6) is -1.12. The van der Waals surface area contributed by atoms with Crippen LogP contribution in [0.1, 0.15) is 39.0 Å². The van der Waals surface area contributed by atoms with Gasteiger partial charge < -0.3 is 39.2 Å². The zero-order chi connectivity index (χ0) is 26.6. The first-order valence-corrected chi connectivity index (χ1v) is 12.0. The van der Waals surface area contributed by atoms with Gasteiger partial charge in [-0.3, -0.25) is 4.79 Å². The summed E-state index contributed by atoms with van der Waals surface area (Å²) in [4.78, 5) is 24.6. The number of esters is 1. The summed E-state index contributed by atoms with van der Waals surface area (Å²) in [5.41, 5.74) is 3.33. The van der Waals surface area contributed by atoms with Crippen LogP contribution in [-0.4, -0.2) is 49.8 Å². The van der Waals surface area contributed by atoms with Crippen LogP contribution in [0.15, 0.2) is 48.5 Å². The molecule has 2 aliphatic heterocycles. The van der Waals surface area contributed by atoms with E-state index in [1.54, 1.807) is 24.3 Å². The van der Waals surface area contributed by atoms with Crippen LogP contribution in [0.2, 0.25) is 0 Å². The Morgan fingerprint density at radius 1 is 0.947 bits per heavy atom. The SMILES string of the molecule is COc1cc([C@H]2c3cc4c(cc3[C@@H](Nc3ccc(C(=O)O)cc3)C3COC(=O)[C@@H]32)OCO4)cc(OC)c1O. The maximum absolute atomic E-state index is 13.2. The molecule has 196 valence electrons. The number of anilines is 1. The van der Waals surface area contributed by atoms with E-state index in [0.29, 0.717) is 17.2 Å². The Morgan fingerprint density at radius 3 is 2.18 bits per heavy atom. The van der Waals surface area contributed by atoms with Gasteiger partial charge in [-0.2, -0.15) is 0 Å². The van der Waals surface area contributed by atoms with Gasteiger partial charge in [0.1, 0.15) is 0 Å². The van der Waals surface area contributed by atoms with Gasteiger partial charge in [-0.25, -0.2) is 4.79 Å².